The van der Waals surface area contributed by atoms with Gasteiger partial charge in [0.2, 0.25) is 10.0 Å². The Kier molecular flexibility index (Phi) is 5.64. The predicted octanol–water partition coefficient (Wildman–Crippen LogP) is 3.87. The van der Waals surface area contributed by atoms with Crippen molar-refractivity contribution in [3.63, 3.8) is 0 Å². The van der Waals surface area contributed by atoms with Crippen LogP contribution in [-0.4, -0.2) is 41.5 Å². The molecule has 0 radical (unpaired) electrons. The molecule has 7 nitrogen and oxygen atoms in total. The average Bonchev–Trinajstić information content (AvgIpc) is 3.38. The zero-order chi connectivity index (χ0) is 21.3. The minimum atomic E-state index is -3.51. The van der Waals surface area contributed by atoms with E-state index in [0.717, 1.165) is 24.2 Å². The average molecular weight is 445 g/mol. The molecule has 4 rings (SSSR count). The van der Waals surface area contributed by atoms with E-state index in [2.05, 4.69) is 10.4 Å². The molecule has 156 valence electrons. The fraction of sp³-hybridized carbons (Fsp3) is 0.238. The topological polar surface area (TPSA) is 84.3 Å². The fourth-order valence-electron chi connectivity index (χ4n) is 3.44. The summed E-state index contributed by atoms with van der Waals surface area (Å²) in [6.07, 6.45) is 1.75. The second-order valence-corrected chi connectivity index (χ2v) is 9.53. The summed E-state index contributed by atoms with van der Waals surface area (Å²) >= 11 is 6.07. The van der Waals surface area contributed by atoms with Crippen LogP contribution in [0, 0.1) is 6.92 Å². The van der Waals surface area contributed by atoms with Gasteiger partial charge in [0.05, 0.1) is 16.3 Å². The van der Waals surface area contributed by atoms with Crippen molar-refractivity contribution in [3.8, 4) is 5.69 Å². The van der Waals surface area contributed by atoms with Gasteiger partial charge in [-0.1, -0.05) is 17.7 Å². The number of carbonyl (C=O) groups excluding carboxylic acids is 1. The van der Waals surface area contributed by atoms with Gasteiger partial charge in [0.1, 0.15) is 5.82 Å². The molecule has 9 heteroatoms. The summed E-state index contributed by atoms with van der Waals surface area (Å²) in [5.41, 5.74) is 1.81. The van der Waals surface area contributed by atoms with Crippen molar-refractivity contribution in [3.05, 3.63) is 70.9 Å². The molecular formula is C21H21ClN4O3S. The summed E-state index contributed by atoms with van der Waals surface area (Å²) in [6, 6.07) is 14.9. The lowest BCUT2D eigenvalue weighted by molar-refractivity contribution is 0.102. The van der Waals surface area contributed by atoms with Crippen molar-refractivity contribution in [1.82, 2.24) is 14.1 Å². The Morgan fingerprint density at radius 1 is 1.07 bits per heavy atom. The van der Waals surface area contributed by atoms with Crippen LogP contribution in [0.4, 0.5) is 5.82 Å². The summed E-state index contributed by atoms with van der Waals surface area (Å²) in [6.45, 7) is 2.91. The van der Waals surface area contributed by atoms with Crippen molar-refractivity contribution in [1.29, 1.82) is 0 Å². The Balaban J connectivity index is 1.55. The molecule has 3 aromatic rings. The van der Waals surface area contributed by atoms with Gasteiger partial charge in [0, 0.05) is 29.7 Å². The number of benzene rings is 2. The second-order valence-electron chi connectivity index (χ2n) is 7.15. The van der Waals surface area contributed by atoms with Gasteiger partial charge in [-0.05, 0) is 62.2 Å². The van der Waals surface area contributed by atoms with Gasteiger partial charge in [0.15, 0.2) is 0 Å². The van der Waals surface area contributed by atoms with Gasteiger partial charge in [-0.3, -0.25) is 4.79 Å². The molecule has 0 unspecified atom stereocenters. The first-order valence-electron chi connectivity index (χ1n) is 9.59. The molecule has 1 amide bonds. The smallest absolute Gasteiger partial charge is 0.256 e. The molecule has 2 aromatic carbocycles. The first-order chi connectivity index (χ1) is 14.3. The SMILES string of the molecule is Cc1cc(NC(=O)c2ccc(S(=O)(=O)N3CCCC3)cc2)n(-c2cccc(Cl)c2)n1. The molecule has 1 N–H and O–H groups in total. The van der Waals surface area contributed by atoms with E-state index < -0.39 is 10.0 Å². The van der Waals surface area contributed by atoms with Crippen LogP contribution in [0.3, 0.4) is 0 Å². The highest BCUT2D eigenvalue weighted by Crippen LogP contribution is 2.23. The number of carbonyl (C=O) groups is 1. The van der Waals surface area contributed by atoms with E-state index >= 15 is 0 Å². The van der Waals surface area contributed by atoms with Gasteiger partial charge >= 0.3 is 0 Å². The summed E-state index contributed by atoms with van der Waals surface area (Å²) in [5, 5.41) is 7.82. The van der Waals surface area contributed by atoms with E-state index in [0.29, 0.717) is 29.5 Å². The summed E-state index contributed by atoms with van der Waals surface area (Å²) in [5.74, 6) is 0.136. The minimum absolute atomic E-state index is 0.195. The molecule has 1 saturated heterocycles. The lowest BCUT2D eigenvalue weighted by atomic mass is 10.2. The molecule has 0 saturated carbocycles. The molecule has 1 fully saturated rings. The molecule has 30 heavy (non-hydrogen) atoms. The maximum atomic E-state index is 12.8. The van der Waals surface area contributed by atoms with Gasteiger partial charge < -0.3 is 5.32 Å². The number of anilines is 1. The normalized spacial score (nSPS) is 14.7. The number of hydrogen-bond acceptors (Lipinski definition) is 4. The monoisotopic (exact) mass is 444 g/mol. The maximum absolute atomic E-state index is 12.8. The third-order valence-electron chi connectivity index (χ3n) is 4.95. The summed E-state index contributed by atoms with van der Waals surface area (Å²) < 4.78 is 28.4. The summed E-state index contributed by atoms with van der Waals surface area (Å²) in [7, 11) is -3.51. The Labute approximate surface area is 180 Å². The fourth-order valence-corrected chi connectivity index (χ4v) is 5.14. The number of halogens is 1. The highest BCUT2D eigenvalue weighted by molar-refractivity contribution is 7.89. The number of sulfonamides is 1. The van der Waals surface area contributed by atoms with Gasteiger partial charge in [-0.15, -0.1) is 0 Å². The molecular weight excluding hydrogens is 424 g/mol. The van der Waals surface area contributed by atoms with Gasteiger partial charge in [-0.25, -0.2) is 13.1 Å². The Morgan fingerprint density at radius 3 is 2.43 bits per heavy atom. The lowest BCUT2D eigenvalue weighted by Crippen LogP contribution is -2.27. The van der Waals surface area contributed by atoms with Crippen molar-refractivity contribution in [2.45, 2.75) is 24.7 Å². The second kappa shape index (κ2) is 8.22. The standard InChI is InChI=1S/C21H21ClN4O3S/c1-15-13-20(26(24-15)18-6-4-5-17(22)14-18)23-21(27)16-7-9-19(10-8-16)30(28,29)25-11-2-3-12-25/h4-10,13-14H,2-3,11-12H2,1H3,(H,23,27). The molecule has 1 aliphatic rings. The lowest BCUT2D eigenvalue weighted by Gasteiger charge is -2.15. The van der Waals surface area contributed by atoms with Crippen molar-refractivity contribution in [2.24, 2.45) is 0 Å². The van der Waals surface area contributed by atoms with Crippen molar-refractivity contribution in [2.75, 3.05) is 18.4 Å². The first-order valence-corrected chi connectivity index (χ1v) is 11.4. The van der Waals surface area contributed by atoms with Crippen molar-refractivity contribution >= 4 is 33.3 Å². The minimum Gasteiger partial charge on any atom is -0.306 e. The van der Waals surface area contributed by atoms with Gasteiger partial charge in [-0.2, -0.15) is 9.40 Å². The predicted molar refractivity (Wildman–Crippen MR) is 116 cm³/mol. The Morgan fingerprint density at radius 2 is 1.77 bits per heavy atom. The largest absolute Gasteiger partial charge is 0.306 e. The zero-order valence-corrected chi connectivity index (χ0v) is 17.9. The van der Waals surface area contributed by atoms with E-state index in [1.54, 1.807) is 28.9 Å². The third kappa shape index (κ3) is 4.12. The number of nitrogens with zero attached hydrogens (tertiary/aromatic N) is 3. The third-order valence-corrected chi connectivity index (χ3v) is 7.09. The number of nitrogens with one attached hydrogen (secondary N) is 1. The number of hydrogen-bond donors (Lipinski definition) is 1. The first kappa shape index (κ1) is 20.6. The van der Waals surface area contributed by atoms with E-state index in [4.69, 9.17) is 11.6 Å². The van der Waals surface area contributed by atoms with Crippen LogP contribution in [0.2, 0.25) is 5.02 Å². The number of aryl methyl sites for hydroxylation is 1. The van der Waals surface area contributed by atoms with Gasteiger partial charge in [0.25, 0.3) is 5.91 Å². The number of rotatable bonds is 5. The van der Waals surface area contributed by atoms with E-state index in [-0.39, 0.29) is 10.8 Å². The molecule has 0 spiro atoms. The molecule has 2 heterocycles. The molecule has 1 aliphatic heterocycles. The summed E-state index contributed by atoms with van der Waals surface area (Å²) in [4.78, 5) is 12.9. The van der Waals surface area contributed by atoms with Crippen LogP contribution in [-0.2, 0) is 10.0 Å². The van der Waals surface area contributed by atoms with Crippen LogP contribution in [0.1, 0.15) is 28.9 Å². The van der Waals surface area contributed by atoms with Crippen LogP contribution in [0.25, 0.3) is 5.69 Å². The Bertz CT molecular complexity index is 1180. The zero-order valence-electron chi connectivity index (χ0n) is 16.4. The Hall–Kier alpha value is -2.68. The van der Waals surface area contributed by atoms with Crippen LogP contribution < -0.4 is 5.32 Å². The number of amides is 1. The number of aromatic nitrogens is 2. The van der Waals surface area contributed by atoms with Crippen LogP contribution >= 0.6 is 11.6 Å². The van der Waals surface area contributed by atoms with E-state index in [1.165, 1.54) is 28.6 Å². The molecule has 0 atom stereocenters. The quantitative estimate of drug-likeness (QED) is 0.647. The van der Waals surface area contributed by atoms with E-state index in [9.17, 15) is 13.2 Å². The highest BCUT2D eigenvalue weighted by atomic mass is 35.5. The van der Waals surface area contributed by atoms with Crippen LogP contribution in [0.15, 0.2) is 59.5 Å². The maximum Gasteiger partial charge on any atom is 0.256 e. The van der Waals surface area contributed by atoms with Crippen LogP contribution in [0.5, 0.6) is 0 Å². The molecule has 0 bridgehead atoms. The molecule has 1 aromatic heterocycles. The van der Waals surface area contributed by atoms with Crippen molar-refractivity contribution < 1.29 is 13.2 Å². The highest BCUT2D eigenvalue weighted by Gasteiger charge is 2.27. The van der Waals surface area contributed by atoms with E-state index in [1.807, 2.05) is 13.0 Å². The molecule has 0 aliphatic carbocycles.